The third-order valence-electron chi connectivity index (χ3n) is 8.90. The highest BCUT2D eigenvalue weighted by Gasteiger charge is 2.29. The van der Waals surface area contributed by atoms with Crippen LogP contribution in [0.25, 0.3) is 11.1 Å². The van der Waals surface area contributed by atoms with Crippen LogP contribution in [0, 0.1) is 0 Å². The van der Waals surface area contributed by atoms with Gasteiger partial charge in [0, 0.05) is 24.7 Å². The zero-order valence-corrected chi connectivity index (χ0v) is 34.0. The molecule has 1 amide bonds. The van der Waals surface area contributed by atoms with Crippen molar-refractivity contribution in [3.05, 3.63) is 89.5 Å². The quantitative estimate of drug-likeness (QED) is 0.0559. The highest BCUT2D eigenvalue weighted by atomic mass is 16.6. The molecule has 1 aliphatic carbocycles. The fourth-order valence-corrected chi connectivity index (χ4v) is 5.93. The summed E-state index contributed by atoms with van der Waals surface area (Å²) in [5, 5.41) is 6.06. The lowest BCUT2D eigenvalue weighted by Gasteiger charge is -2.14. The fraction of sp³-hybridized carbons (Fsp3) is 0.545. The molecule has 0 radical (unpaired) electrons. The van der Waals surface area contributed by atoms with Crippen molar-refractivity contribution in [1.82, 2.24) is 5.32 Å². The van der Waals surface area contributed by atoms with Crippen LogP contribution in [0.15, 0.2) is 72.8 Å². The topological polar surface area (TPSA) is 151 Å². The minimum Gasteiger partial charge on any atom is -0.460 e. The Balaban J connectivity index is 0.805. The fourth-order valence-electron chi connectivity index (χ4n) is 5.93. The summed E-state index contributed by atoms with van der Waals surface area (Å²) in [5.74, 6) is -0.333. The van der Waals surface area contributed by atoms with Gasteiger partial charge in [-0.05, 0) is 52.9 Å². The highest BCUT2D eigenvalue weighted by Crippen LogP contribution is 2.44. The van der Waals surface area contributed by atoms with Crippen molar-refractivity contribution in [3.8, 4) is 11.1 Å². The summed E-state index contributed by atoms with van der Waals surface area (Å²) in [4.78, 5) is 24.4. The van der Waals surface area contributed by atoms with Gasteiger partial charge in [0.2, 0.25) is 0 Å². The Hall–Kier alpha value is -4.12. The van der Waals surface area contributed by atoms with E-state index in [1.165, 1.54) is 22.3 Å². The number of fused-ring (bicyclic) bond motifs is 3. The third kappa shape index (κ3) is 18.6. The lowest BCUT2D eigenvalue weighted by atomic mass is 9.98. The molecule has 0 saturated heterocycles. The maximum atomic E-state index is 12.3. The van der Waals surface area contributed by atoms with Crippen molar-refractivity contribution < 1.29 is 57.0 Å². The first-order chi connectivity index (χ1) is 28.7. The van der Waals surface area contributed by atoms with Gasteiger partial charge < -0.3 is 58.0 Å². The van der Waals surface area contributed by atoms with Gasteiger partial charge in [0.25, 0.3) is 0 Å². The maximum absolute atomic E-state index is 12.3. The first-order valence-electron chi connectivity index (χ1n) is 20.4. The molecule has 0 fully saturated rings. The molecule has 0 bridgehead atoms. The van der Waals surface area contributed by atoms with E-state index in [0.717, 1.165) is 25.1 Å². The van der Waals surface area contributed by atoms with Crippen LogP contribution < -0.4 is 10.6 Å². The van der Waals surface area contributed by atoms with Gasteiger partial charge in [-0.1, -0.05) is 61.9 Å². The number of unbranched alkanes of at least 4 members (excludes halogenated alkanes) is 1. The largest absolute Gasteiger partial charge is 0.460 e. The number of esters is 1. The first-order valence-corrected chi connectivity index (χ1v) is 20.4. The first kappa shape index (κ1) is 46.6. The number of hydrogen-bond donors (Lipinski definition) is 2. The van der Waals surface area contributed by atoms with Gasteiger partial charge in [0.05, 0.1) is 111 Å². The number of alkyl carbamates (subject to hydrolysis) is 1. The maximum Gasteiger partial charge on any atom is 0.407 e. The molecule has 3 aromatic carbocycles. The highest BCUT2D eigenvalue weighted by molar-refractivity contribution is 5.89. The van der Waals surface area contributed by atoms with E-state index in [9.17, 15) is 9.59 Å². The van der Waals surface area contributed by atoms with E-state index >= 15 is 0 Å². The van der Waals surface area contributed by atoms with Gasteiger partial charge in [0.15, 0.2) is 0 Å². The van der Waals surface area contributed by atoms with Crippen molar-refractivity contribution in [3.63, 3.8) is 0 Å². The monoisotopic (exact) mass is 810 g/mol. The summed E-state index contributed by atoms with van der Waals surface area (Å²) in [6.45, 7) is 10.9. The Morgan fingerprint density at radius 3 is 1.40 bits per heavy atom. The summed E-state index contributed by atoms with van der Waals surface area (Å²) in [6.07, 6.45) is 1.78. The second-order valence-electron chi connectivity index (χ2n) is 13.1. The van der Waals surface area contributed by atoms with E-state index in [-0.39, 0.29) is 25.1 Å². The van der Waals surface area contributed by atoms with E-state index in [1.54, 1.807) is 12.1 Å². The molecule has 0 aliphatic heterocycles. The molecule has 4 rings (SSSR count). The average molecular weight is 811 g/mol. The summed E-state index contributed by atoms with van der Waals surface area (Å²) in [5.41, 5.74) is 6.27. The van der Waals surface area contributed by atoms with Gasteiger partial charge in [-0.15, -0.1) is 0 Å². The number of ether oxygens (including phenoxy) is 10. The molecule has 2 N–H and O–H groups in total. The number of carbonyl (C=O) groups excluding carboxylic acids is 2. The Kier molecular flexibility index (Phi) is 24.1. The second-order valence-corrected chi connectivity index (χ2v) is 13.1. The smallest absolute Gasteiger partial charge is 0.407 e. The molecule has 14 heteroatoms. The van der Waals surface area contributed by atoms with E-state index in [4.69, 9.17) is 47.4 Å². The Labute approximate surface area is 343 Å². The van der Waals surface area contributed by atoms with Crippen molar-refractivity contribution >= 4 is 17.7 Å². The molecule has 0 aromatic heterocycles. The van der Waals surface area contributed by atoms with Crippen LogP contribution in [0.5, 0.6) is 0 Å². The summed E-state index contributed by atoms with van der Waals surface area (Å²) in [7, 11) is 0. The zero-order valence-electron chi connectivity index (χ0n) is 34.0. The number of carbonyl (C=O) groups is 2. The van der Waals surface area contributed by atoms with Crippen LogP contribution in [0.1, 0.15) is 47.2 Å². The predicted octanol–water partition coefficient (Wildman–Crippen LogP) is 5.73. The number of amides is 1. The van der Waals surface area contributed by atoms with E-state index in [0.29, 0.717) is 118 Å². The molecular weight excluding hydrogens is 748 g/mol. The van der Waals surface area contributed by atoms with Crippen LogP contribution in [0.3, 0.4) is 0 Å². The lowest BCUT2D eigenvalue weighted by Crippen LogP contribution is -2.29. The van der Waals surface area contributed by atoms with E-state index < -0.39 is 6.09 Å². The van der Waals surface area contributed by atoms with Gasteiger partial charge in [-0.25, -0.2) is 9.59 Å². The number of anilines is 1. The van der Waals surface area contributed by atoms with Crippen LogP contribution in [0.4, 0.5) is 10.5 Å². The number of benzene rings is 3. The molecule has 1 aliphatic rings. The average Bonchev–Trinajstić information content (AvgIpc) is 3.57. The van der Waals surface area contributed by atoms with E-state index in [1.807, 2.05) is 36.4 Å². The van der Waals surface area contributed by atoms with E-state index in [2.05, 4.69) is 41.8 Å². The molecule has 0 unspecified atom stereocenters. The Bertz CT molecular complexity index is 1500. The number of rotatable bonds is 34. The predicted molar refractivity (Wildman–Crippen MR) is 220 cm³/mol. The molecule has 0 spiro atoms. The summed E-state index contributed by atoms with van der Waals surface area (Å²) in [6, 6.07) is 23.8. The molecule has 0 atom stereocenters. The Morgan fingerprint density at radius 2 is 0.931 bits per heavy atom. The SMILES string of the molecule is CCCCNc1ccc(C(=O)OCCOCCOCCOCCOCCOCCOCCOCCOCCNC(=O)OCC2c3ccccc3-c3ccccc32)cc1. The Morgan fingerprint density at radius 1 is 0.500 bits per heavy atom. The summed E-state index contributed by atoms with van der Waals surface area (Å²) < 4.78 is 54.8. The second kappa shape index (κ2) is 30.0. The van der Waals surface area contributed by atoms with Crippen LogP contribution in [0.2, 0.25) is 0 Å². The minimum atomic E-state index is -0.456. The van der Waals surface area contributed by atoms with Gasteiger partial charge in [-0.3, -0.25) is 0 Å². The van der Waals surface area contributed by atoms with Crippen LogP contribution in [-0.4, -0.2) is 144 Å². The molecule has 58 heavy (non-hydrogen) atoms. The molecule has 0 saturated carbocycles. The van der Waals surface area contributed by atoms with Gasteiger partial charge >= 0.3 is 12.1 Å². The lowest BCUT2D eigenvalue weighted by molar-refractivity contribution is -0.0243. The zero-order chi connectivity index (χ0) is 40.7. The number of nitrogens with one attached hydrogen (secondary N) is 2. The van der Waals surface area contributed by atoms with Crippen LogP contribution >= 0.6 is 0 Å². The molecule has 14 nitrogen and oxygen atoms in total. The van der Waals surface area contributed by atoms with Gasteiger partial charge in [0.1, 0.15) is 13.2 Å². The summed E-state index contributed by atoms with van der Waals surface area (Å²) >= 11 is 0. The minimum absolute atomic E-state index is 0.0324. The standard InChI is InChI=1S/C44H62N2O12/c1-2-3-16-45-37-14-12-36(13-15-37)43(47)57-34-33-56-32-31-55-30-29-54-28-27-53-26-25-52-24-23-51-22-21-50-20-19-49-18-17-46-44(48)58-35-42-40-10-6-4-8-38(40)39-9-5-7-11-41(39)42/h4-15,42,45H,2-3,16-35H2,1H3,(H,46,48). The number of hydrogen-bond acceptors (Lipinski definition) is 13. The van der Waals surface area contributed by atoms with Crippen molar-refractivity contribution in [1.29, 1.82) is 0 Å². The molecule has 320 valence electrons. The third-order valence-corrected chi connectivity index (χ3v) is 8.90. The van der Waals surface area contributed by atoms with Crippen molar-refractivity contribution in [2.75, 3.05) is 137 Å². The molecular formula is C44H62N2O12. The van der Waals surface area contributed by atoms with Crippen LogP contribution in [-0.2, 0) is 47.4 Å². The molecule has 3 aromatic rings. The molecule has 0 heterocycles. The normalized spacial score (nSPS) is 11.9. The van der Waals surface area contributed by atoms with Crippen molar-refractivity contribution in [2.24, 2.45) is 0 Å². The van der Waals surface area contributed by atoms with Crippen molar-refractivity contribution in [2.45, 2.75) is 25.7 Å². The van der Waals surface area contributed by atoms with Gasteiger partial charge in [-0.2, -0.15) is 0 Å².